The van der Waals surface area contributed by atoms with Gasteiger partial charge in [0.1, 0.15) is 7.85 Å². The van der Waals surface area contributed by atoms with Crippen molar-refractivity contribution in [3.05, 3.63) is 24.3 Å². The number of anilines is 1. The molecular weight excluding hydrogens is 165 g/mol. The lowest BCUT2D eigenvalue weighted by Gasteiger charge is -2.04. The van der Waals surface area contributed by atoms with Crippen LogP contribution in [0.1, 0.15) is 6.92 Å². The van der Waals surface area contributed by atoms with E-state index in [1.807, 2.05) is 32.1 Å². The summed E-state index contributed by atoms with van der Waals surface area (Å²) < 4.78 is 4.73. The second kappa shape index (κ2) is 4.55. The molecule has 0 unspecified atom stereocenters. The first-order valence-corrected chi connectivity index (χ1v) is 4.23. The Morgan fingerprint density at radius 1 is 1.46 bits per heavy atom. The highest BCUT2D eigenvalue weighted by atomic mass is 16.5. The summed E-state index contributed by atoms with van der Waals surface area (Å²) in [5.74, 6) is 0. The second-order valence-corrected chi connectivity index (χ2v) is 2.71. The summed E-state index contributed by atoms with van der Waals surface area (Å²) >= 11 is 0. The number of hydrogen-bond donors (Lipinski definition) is 1. The van der Waals surface area contributed by atoms with Gasteiger partial charge in [0.05, 0.1) is 6.61 Å². The zero-order valence-electron chi connectivity index (χ0n) is 7.83. The van der Waals surface area contributed by atoms with Gasteiger partial charge in [-0.25, -0.2) is 4.79 Å². The first-order valence-electron chi connectivity index (χ1n) is 4.23. The van der Waals surface area contributed by atoms with Crippen LogP contribution in [0.15, 0.2) is 24.3 Å². The quantitative estimate of drug-likeness (QED) is 0.668. The number of carbonyl (C=O) groups excluding carboxylic acids is 1. The van der Waals surface area contributed by atoms with Crippen LogP contribution in [-0.4, -0.2) is 20.5 Å². The molecule has 1 amide bonds. The van der Waals surface area contributed by atoms with Gasteiger partial charge in [-0.05, 0) is 19.1 Å². The fraction of sp³-hybridized carbons (Fsp3) is 0.222. The lowest BCUT2D eigenvalue weighted by Crippen LogP contribution is -2.13. The Morgan fingerprint density at radius 3 is 2.62 bits per heavy atom. The molecule has 1 aromatic rings. The summed E-state index contributed by atoms with van der Waals surface area (Å²) in [5, 5.41) is 2.61. The standard InChI is InChI=1S/C9H12BNO2/c1-2-13-9(12)11-8-5-3-7(10)4-6-8/h3-6H,2,10H2,1H3,(H,11,12). The van der Waals surface area contributed by atoms with Gasteiger partial charge in [-0.2, -0.15) is 0 Å². The van der Waals surface area contributed by atoms with Crippen molar-refractivity contribution in [1.29, 1.82) is 0 Å². The van der Waals surface area contributed by atoms with E-state index < -0.39 is 6.09 Å². The van der Waals surface area contributed by atoms with Crippen molar-refractivity contribution in [3.8, 4) is 0 Å². The second-order valence-electron chi connectivity index (χ2n) is 2.71. The minimum Gasteiger partial charge on any atom is -0.450 e. The molecule has 0 aliphatic heterocycles. The van der Waals surface area contributed by atoms with Gasteiger partial charge in [-0.1, -0.05) is 17.6 Å². The molecule has 1 aromatic carbocycles. The fourth-order valence-electron chi connectivity index (χ4n) is 0.922. The number of rotatable bonds is 2. The van der Waals surface area contributed by atoms with Crippen LogP contribution in [0.25, 0.3) is 0 Å². The van der Waals surface area contributed by atoms with Crippen LogP contribution in [0.2, 0.25) is 0 Å². The van der Waals surface area contributed by atoms with Gasteiger partial charge in [-0.15, -0.1) is 0 Å². The average Bonchev–Trinajstić information content (AvgIpc) is 2.09. The van der Waals surface area contributed by atoms with Crippen LogP contribution < -0.4 is 10.8 Å². The fourth-order valence-corrected chi connectivity index (χ4v) is 0.922. The summed E-state index contributed by atoms with van der Waals surface area (Å²) in [7, 11) is 1.99. The number of nitrogens with one attached hydrogen (secondary N) is 1. The molecule has 0 spiro atoms. The third-order valence-corrected chi connectivity index (χ3v) is 1.57. The van der Waals surface area contributed by atoms with Gasteiger partial charge in [0, 0.05) is 5.69 Å². The minimum atomic E-state index is -0.411. The van der Waals surface area contributed by atoms with Crippen LogP contribution in [0.4, 0.5) is 10.5 Å². The van der Waals surface area contributed by atoms with E-state index in [0.29, 0.717) is 6.61 Å². The van der Waals surface area contributed by atoms with Crippen molar-refractivity contribution in [2.24, 2.45) is 0 Å². The first kappa shape index (κ1) is 9.64. The van der Waals surface area contributed by atoms with E-state index in [-0.39, 0.29) is 0 Å². The highest BCUT2D eigenvalue weighted by molar-refractivity contribution is 6.32. The topological polar surface area (TPSA) is 38.3 Å². The Hall–Kier alpha value is -1.45. The number of benzene rings is 1. The van der Waals surface area contributed by atoms with E-state index in [9.17, 15) is 4.79 Å². The summed E-state index contributed by atoms with van der Waals surface area (Å²) in [6, 6.07) is 7.54. The van der Waals surface area contributed by atoms with Crippen molar-refractivity contribution in [1.82, 2.24) is 0 Å². The Kier molecular flexibility index (Phi) is 3.37. The zero-order chi connectivity index (χ0) is 9.68. The predicted molar refractivity (Wildman–Crippen MR) is 55.3 cm³/mol. The Labute approximate surface area is 78.5 Å². The van der Waals surface area contributed by atoms with Gasteiger partial charge in [0.25, 0.3) is 0 Å². The van der Waals surface area contributed by atoms with Gasteiger partial charge < -0.3 is 4.74 Å². The van der Waals surface area contributed by atoms with Crippen molar-refractivity contribution in [2.45, 2.75) is 6.92 Å². The first-order chi connectivity index (χ1) is 6.22. The molecule has 0 atom stereocenters. The monoisotopic (exact) mass is 177 g/mol. The molecule has 1 N–H and O–H groups in total. The third kappa shape index (κ3) is 3.19. The van der Waals surface area contributed by atoms with E-state index in [1.165, 1.54) is 0 Å². The van der Waals surface area contributed by atoms with Crippen molar-refractivity contribution in [3.63, 3.8) is 0 Å². The van der Waals surface area contributed by atoms with Gasteiger partial charge in [0.2, 0.25) is 0 Å². The van der Waals surface area contributed by atoms with E-state index in [4.69, 9.17) is 4.74 Å². The van der Waals surface area contributed by atoms with Crippen LogP contribution in [0.3, 0.4) is 0 Å². The molecular formula is C9H12BNO2. The molecule has 0 fully saturated rings. The third-order valence-electron chi connectivity index (χ3n) is 1.57. The molecule has 0 aliphatic rings. The van der Waals surface area contributed by atoms with E-state index in [0.717, 1.165) is 11.2 Å². The molecule has 68 valence electrons. The van der Waals surface area contributed by atoms with Crippen LogP contribution in [-0.2, 0) is 4.74 Å². The number of ether oxygens (including phenoxy) is 1. The molecule has 0 bridgehead atoms. The maximum atomic E-state index is 11.0. The molecule has 0 saturated carbocycles. The maximum absolute atomic E-state index is 11.0. The van der Waals surface area contributed by atoms with Crippen molar-refractivity contribution < 1.29 is 9.53 Å². The molecule has 3 nitrogen and oxygen atoms in total. The van der Waals surface area contributed by atoms with Gasteiger partial charge in [-0.3, -0.25) is 5.32 Å². The highest BCUT2D eigenvalue weighted by Gasteiger charge is 1.99. The van der Waals surface area contributed by atoms with Crippen LogP contribution in [0, 0.1) is 0 Å². The average molecular weight is 177 g/mol. The van der Waals surface area contributed by atoms with Crippen molar-refractivity contribution >= 4 is 25.1 Å². The number of amides is 1. The van der Waals surface area contributed by atoms with Gasteiger partial charge >= 0.3 is 6.09 Å². The molecule has 0 aliphatic carbocycles. The summed E-state index contributed by atoms with van der Waals surface area (Å²) in [5.41, 5.74) is 1.92. The number of hydrogen-bond acceptors (Lipinski definition) is 2. The largest absolute Gasteiger partial charge is 0.450 e. The van der Waals surface area contributed by atoms with Crippen LogP contribution in [0.5, 0.6) is 0 Å². The molecule has 0 radical (unpaired) electrons. The lowest BCUT2D eigenvalue weighted by atomic mass is 9.96. The maximum Gasteiger partial charge on any atom is 0.411 e. The normalized spacial score (nSPS) is 9.31. The number of carbonyl (C=O) groups is 1. The predicted octanol–water partition coefficient (Wildman–Crippen LogP) is 0.513. The summed E-state index contributed by atoms with van der Waals surface area (Å²) in [4.78, 5) is 11.0. The Bertz CT molecular complexity index is 284. The molecule has 4 heteroatoms. The van der Waals surface area contributed by atoms with Crippen LogP contribution >= 0.6 is 0 Å². The van der Waals surface area contributed by atoms with Gasteiger partial charge in [0.15, 0.2) is 0 Å². The smallest absolute Gasteiger partial charge is 0.411 e. The summed E-state index contributed by atoms with van der Waals surface area (Å²) in [6.07, 6.45) is -0.411. The molecule has 13 heavy (non-hydrogen) atoms. The molecule has 0 saturated heterocycles. The summed E-state index contributed by atoms with van der Waals surface area (Å²) in [6.45, 7) is 2.16. The SMILES string of the molecule is Bc1ccc(NC(=O)OCC)cc1. The Morgan fingerprint density at radius 2 is 2.08 bits per heavy atom. The highest BCUT2D eigenvalue weighted by Crippen LogP contribution is 2.03. The van der Waals surface area contributed by atoms with E-state index >= 15 is 0 Å². The van der Waals surface area contributed by atoms with E-state index in [1.54, 1.807) is 6.92 Å². The van der Waals surface area contributed by atoms with E-state index in [2.05, 4.69) is 5.32 Å². The zero-order valence-corrected chi connectivity index (χ0v) is 7.83. The molecule has 1 rings (SSSR count). The Balaban J connectivity index is 2.54. The molecule has 0 aromatic heterocycles. The minimum absolute atomic E-state index is 0.387. The lowest BCUT2D eigenvalue weighted by molar-refractivity contribution is 0.168. The van der Waals surface area contributed by atoms with Crippen molar-refractivity contribution in [2.75, 3.05) is 11.9 Å². The molecule has 0 heterocycles.